The normalized spacial score (nSPS) is 12.3. The third-order valence-corrected chi connectivity index (χ3v) is 3.31. The molecule has 0 radical (unpaired) electrons. The number of hydrogen-bond donors (Lipinski definition) is 1. The van der Waals surface area contributed by atoms with Crippen molar-refractivity contribution < 1.29 is 4.79 Å². The van der Waals surface area contributed by atoms with Crippen LogP contribution < -0.4 is 5.32 Å². The first-order chi connectivity index (χ1) is 7.91. The molecule has 1 atom stereocenters. The summed E-state index contributed by atoms with van der Waals surface area (Å²) < 4.78 is 0.947. The van der Waals surface area contributed by atoms with Crippen molar-refractivity contribution in [2.75, 3.05) is 20.6 Å². The zero-order valence-electron chi connectivity index (χ0n) is 10.1. The number of carbonyl (C=O) groups is 1. The van der Waals surface area contributed by atoms with E-state index in [9.17, 15) is 4.79 Å². The van der Waals surface area contributed by atoms with Crippen molar-refractivity contribution in [1.29, 1.82) is 0 Å². The predicted octanol–water partition coefficient (Wildman–Crippen LogP) is 2.84. The first-order valence-corrected chi connectivity index (χ1v) is 6.47. The third-order valence-electron chi connectivity index (χ3n) is 2.49. The van der Waals surface area contributed by atoms with E-state index >= 15 is 0 Å². The van der Waals surface area contributed by atoms with Gasteiger partial charge in [0.2, 0.25) is 5.91 Å². The summed E-state index contributed by atoms with van der Waals surface area (Å²) in [7, 11) is 3.47. The van der Waals surface area contributed by atoms with E-state index in [1.807, 2.05) is 25.1 Å². The van der Waals surface area contributed by atoms with Crippen molar-refractivity contribution in [1.82, 2.24) is 10.2 Å². The number of nitrogens with one attached hydrogen (secondary N) is 1. The van der Waals surface area contributed by atoms with E-state index in [0.29, 0.717) is 11.6 Å². The Morgan fingerprint density at radius 1 is 1.53 bits per heavy atom. The van der Waals surface area contributed by atoms with Crippen LogP contribution in [0.3, 0.4) is 0 Å². The standard InChI is InChI=1S/C12H16BrClN2O/c1-8(15-7-12(17)16(2)3)10-5-4-9(13)6-11(10)14/h4-6,8,15H,7H2,1-3H3. The maximum atomic E-state index is 11.4. The largest absolute Gasteiger partial charge is 0.348 e. The zero-order valence-corrected chi connectivity index (χ0v) is 12.5. The molecule has 1 rings (SSSR count). The van der Waals surface area contributed by atoms with Crippen LogP contribution in [0.15, 0.2) is 22.7 Å². The Labute approximate surface area is 115 Å². The molecule has 1 unspecified atom stereocenters. The molecule has 94 valence electrons. The van der Waals surface area contributed by atoms with Gasteiger partial charge >= 0.3 is 0 Å². The summed E-state index contributed by atoms with van der Waals surface area (Å²) in [5.74, 6) is 0.0464. The Kier molecular flexibility index (Phi) is 5.43. The molecule has 0 heterocycles. The zero-order chi connectivity index (χ0) is 13.0. The first kappa shape index (κ1) is 14.5. The summed E-state index contributed by atoms with van der Waals surface area (Å²) in [6, 6.07) is 5.78. The molecule has 0 aromatic heterocycles. The van der Waals surface area contributed by atoms with E-state index in [1.54, 1.807) is 19.0 Å². The summed E-state index contributed by atoms with van der Waals surface area (Å²) in [6.07, 6.45) is 0. The van der Waals surface area contributed by atoms with Gasteiger partial charge in [0.1, 0.15) is 0 Å². The Morgan fingerprint density at radius 2 is 2.18 bits per heavy atom. The number of hydrogen-bond acceptors (Lipinski definition) is 2. The van der Waals surface area contributed by atoms with Crippen molar-refractivity contribution in [3.05, 3.63) is 33.3 Å². The van der Waals surface area contributed by atoms with Crippen molar-refractivity contribution in [2.45, 2.75) is 13.0 Å². The van der Waals surface area contributed by atoms with E-state index in [4.69, 9.17) is 11.6 Å². The second kappa shape index (κ2) is 6.38. The number of benzene rings is 1. The lowest BCUT2D eigenvalue weighted by molar-refractivity contribution is -0.127. The molecular formula is C12H16BrClN2O. The highest BCUT2D eigenvalue weighted by atomic mass is 79.9. The molecule has 0 bridgehead atoms. The van der Waals surface area contributed by atoms with Gasteiger partial charge < -0.3 is 10.2 Å². The molecule has 1 aromatic carbocycles. The number of likely N-dealkylation sites (N-methyl/N-ethyl adjacent to an activating group) is 1. The number of rotatable bonds is 4. The van der Waals surface area contributed by atoms with Crippen LogP contribution in [0, 0.1) is 0 Å². The Bertz CT molecular complexity index is 409. The Morgan fingerprint density at radius 3 is 2.71 bits per heavy atom. The molecule has 0 aliphatic heterocycles. The summed E-state index contributed by atoms with van der Waals surface area (Å²) in [6.45, 7) is 2.29. The molecule has 3 nitrogen and oxygen atoms in total. The summed E-state index contributed by atoms with van der Waals surface area (Å²) >= 11 is 9.50. The quantitative estimate of drug-likeness (QED) is 0.925. The van der Waals surface area contributed by atoms with Crippen molar-refractivity contribution in [3.8, 4) is 0 Å². The van der Waals surface area contributed by atoms with Crippen LogP contribution in [0.4, 0.5) is 0 Å². The van der Waals surface area contributed by atoms with E-state index in [0.717, 1.165) is 10.0 Å². The highest BCUT2D eigenvalue weighted by molar-refractivity contribution is 9.10. The van der Waals surface area contributed by atoms with Crippen molar-refractivity contribution in [2.24, 2.45) is 0 Å². The van der Waals surface area contributed by atoms with Gasteiger partial charge in [0.05, 0.1) is 6.54 Å². The minimum absolute atomic E-state index is 0.0412. The van der Waals surface area contributed by atoms with Crippen LogP contribution in [0.2, 0.25) is 5.02 Å². The Hall–Kier alpha value is -0.580. The summed E-state index contributed by atoms with van der Waals surface area (Å²) in [5.41, 5.74) is 0.987. The second-order valence-corrected chi connectivity index (χ2v) is 5.38. The topological polar surface area (TPSA) is 32.3 Å². The van der Waals surface area contributed by atoms with Crippen LogP contribution in [-0.2, 0) is 4.79 Å². The fourth-order valence-corrected chi connectivity index (χ4v) is 2.20. The van der Waals surface area contributed by atoms with Gasteiger partial charge in [0.15, 0.2) is 0 Å². The van der Waals surface area contributed by atoms with Crippen molar-refractivity contribution in [3.63, 3.8) is 0 Å². The van der Waals surface area contributed by atoms with Gasteiger partial charge in [-0.05, 0) is 24.6 Å². The smallest absolute Gasteiger partial charge is 0.236 e. The van der Waals surface area contributed by atoms with Gasteiger partial charge in [-0.2, -0.15) is 0 Å². The maximum Gasteiger partial charge on any atom is 0.236 e. The van der Waals surface area contributed by atoms with Gasteiger partial charge in [-0.1, -0.05) is 33.6 Å². The Balaban J connectivity index is 2.64. The van der Waals surface area contributed by atoms with Gasteiger partial charge in [-0.15, -0.1) is 0 Å². The van der Waals surface area contributed by atoms with Crippen molar-refractivity contribution >= 4 is 33.4 Å². The van der Waals surface area contributed by atoms with Crippen LogP contribution >= 0.6 is 27.5 Å². The lowest BCUT2D eigenvalue weighted by atomic mass is 10.1. The summed E-state index contributed by atoms with van der Waals surface area (Å²) in [4.78, 5) is 13.0. The molecule has 0 aliphatic carbocycles. The van der Waals surface area contributed by atoms with E-state index in [1.165, 1.54) is 0 Å². The number of carbonyl (C=O) groups excluding carboxylic acids is 1. The molecule has 1 aromatic rings. The molecule has 0 saturated heterocycles. The lowest BCUT2D eigenvalue weighted by Crippen LogP contribution is -2.34. The molecule has 17 heavy (non-hydrogen) atoms. The van der Waals surface area contributed by atoms with Crippen LogP contribution in [0.1, 0.15) is 18.5 Å². The minimum atomic E-state index is 0.0412. The average Bonchev–Trinajstić information content (AvgIpc) is 2.25. The third kappa shape index (κ3) is 4.30. The molecule has 0 spiro atoms. The molecule has 0 fully saturated rings. The maximum absolute atomic E-state index is 11.4. The molecule has 0 aliphatic rings. The average molecular weight is 320 g/mol. The lowest BCUT2D eigenvalue weighted by Gasteiger charge is -2.17. The minimum Gasteiger partial charge on any atom is -0.348 e. The van der Waals surface area contributed by atoms with Gasteiger partial charge in [0.25, 0.3) is 0 Å². The highest BCUT2D eigenvalue weighted by Gasteiger charge is 2.11. The number of nitrogens with zero attached hydrogens (tertiary/aromatic N) is 1. The fraction of sp³-hybridized carbons (Fsp3) is 0.417. The van der Waals surface area contributed by atoms with Crippen LogP contribution in [0.25, 0.3) is 0 Å². The molecule has 1 N–H and O–H groups in total. The highest BCUT2D eigenvalue weighted by Crippen LogP contribution is 2.26. The van der Waals surface area contributed by atoms with E-state index in [2.05, 4.69) is 21.2 Å². The van der Waals surface area contributed by atoms with Gasteiger partial charge in [-0.3, -0.25) is 4.79 Å². The predicted molar refractivity (Wildman–Crippen MR) is 74.3 cm³/mol. The second-order valence-electron chi connectivity index (χ2n) is 4.06. The van der Waals surface area contributed by atoms with Crippen LogP contribution in [0.5, 0.6) is 0 Å². The van der Waals surface area contributed by atoms with E-state index in [-0.39, 0.29) is 11.9 Å². The van der Waals surface area contributed by atoms with Crippen LogP contribution in [-0.4, -0.2) is 31.4 Å². The van der Waals surface area contributed by atoms with Gasteiger partial charge in [-0.25, -0.2) is 0 Å². The van der Waals surface area contributed by atoms with Gasteiger partial charge in [0, 0.05) is 29.6 Å². The molecular weight excluding hydrogens is 304 g/mol. The monoisotopic (exact) mass is 318 g/mol. The fourth-order valence-electron chi connectivity index (χ4n) is 1.36. The number of halogens is 2. The molecule has 0 saturated carbocycles. The van der Waals surface area contributed by atoms with E-state index < -0.39 is 0 Å². The SMILES string of the molecule is CC(NCC(=O)N(C)C)c1ccc(Br)cc1Cl. The number of amides is 1. The molecule has 1 amide bonds. The molecule has 5 heteroatoms. The first-order valence-electron chi connectivity index (χ1n) is 5.30. The summed E-state index contributed by atoms with van der Waals surface area (Å²) in [5, 5.41) is 3.84.